The second-order valence-electron chi connectivity index (χ2n) is 4.89. The van der Waals surface area contributed by atoms with Gasteiger partial charge < -0.3 is 13.3 Å². The number of hydrogen-bond donors (Lipinski definition) is 0. The summed E-state index contributed by atoms with van der Waals surface area (Å²) >= 11 is 0. The van der Waals surface area contributed by atoms with E-state index in [0.717, 1.165) is 6.42 Å². The van der Waals surface area contributed by atoms with E-state index in [1.807, 2.05) is 12.2 Å². The van der Waals surface area contributed by atoms with Gasteiger partial charge in [0.05, 0.1) is 5.04 Å². The highest BCUT2D eigenvalue weighted by Gasteiger charge is 2.61. The van der Waals surface area contributed by atoms with Gasteiger partial charge in [-0.2, -0.15) is 0 Å². The van der Waals surface area contributed by atoms with Crippen molar-refractivity contribution in [1.29, 1.82) is 0 Å². The summed E-state index contributed by atoms with van der Waals surface area (Å²) in [6.07, 6.45) is 9.61. The highest BCUT2D eigenvalue weighted by Crippen LogP contribution is 2.56. The fourth-order valence-electron chi connectivity index (χ4n) is 3.42. The normalized spacial score (nSPS) is 20.6. The van der Waals surface area contributed by atoms with Gasteiger partial charge >= 0.3 is 8.80 Å². The minimum atomic E-state index is -2.77. The Kier molecular flexibility index (Phi) is 5.78. The summed E-state index contributed by atoms with van der Waals surface area (Å²) in [6.45, 7) is 7.94. The molecule has 0 spiro atoms. The van der Waals surface area contributed by atoms with Gasteiger partial charge in [-0.1, -0.05) is 25.0 Å². The van der Waals surface area contributed by atoms with Crippen LogP contribution in [0.4, 0.5) is 0 Å². The minimum absolute atomic E-state index is 0.247. The molecule has 1 aliphatic carbocycles. The molecule has 0 aromatic carbocycles. The van der Waals surface area contributed by atoms with Gasteiger partial charge in [0.25, 0.3) is 0 Å². The zero-order chi connectivity index (χ0) is 13.6. The fourth-order valence-corrected chi connectivity index (χ4v) is 6.49. The molecule has 1 unspecified atom stereocenters. The van der Waals surface area contributed by atoms with Crippen LogP contribution in [-0.4, -0.2) is 30.1 Å². The van der Waals surface area contributed by atoms with E-state index in [0.29, 0.717) is 5.92 Å². The first-order valence-corrected chi connectivity index (χ1v) is 8.28. The molecule has 1 atom stereocenters. The number of hydrogen-bond acceptors (Lipinski definition) is 3. The van der Waals surface area contributed by atoms with Crippen molar-refractivity contribution in [2.24, 2.45) is 5.92 Å². The van der Waals surface area contributed by atoms with Crippen molar-refractivity contribution in [3.63, 3.8) is 0 Å². The molecule has 0 N–H and O–H groups in total. The van der Waals surface area contributed by atoms with Crippen molar-refractivity contribution in [3.05, 3.63) is 25.3 Å². The van der Waals surface area contributed by atoms with Crippen molar-refractivity contribution in [2.45, 2.75) is 37.1 Å². The largest absolute Gasteiger partial charge is 0.511 e. The molecule has 0 aromatic heterocycles. The Morgan fingerprint density at radius 3 is 1.94 bits per heavy atom. The third kappa shape index (κ3) is 2.34. The van der Waals surface area contributed by atoms with E-state index in [2.05, 4.69) is 13.2 Å². The molecule has 0 saturated heterocycles. The standard InChI is InChI=1S/C14H26O3Si/c1-6-12-14(7-2,13-10-8-9-11-13)18(15-3,16-4)17-5/h6-7,13H,1-2,8-12H2,3-5H3. The molecular formula is C14H26O3Si. The molecule has 3 nitrogen and oxygen atoms in total. The predicted molar refractivity (Wildman–Crippen MR) is 76.4 cm³/mol. The van der Waals surface area contributed by atoms with Crippen LogP contribution in [0.1, 0.15) is 32.1 Å². The van der Waals surface area contributed by atoms with Crippen LogP contribution in [0.3, 0.4) is 0 Å². The molecule has 1 saturated carbocycles. The SMILES string of the molecule is C=CCC(C=C)(C1CCCC1)[Si](OC)(OC)OC. The Balaban J connectivity index is 3.22. The summed E-state index contributed by atoms with van der Waals surface area (Å²) in [4.78, 5) is 0. The van der Waals surface area contributed by atoms with Crippen molar-refractivity contribution in [2.75, 3.05) is 21.3 Å². The van der Waals surface area contributed by atoms with Crippen LogP contribution >= 0.6 is 0 Å². The summed E-state index contributed by atoms with van der Waals surface area (Å²) in [6, 6.07) is 0. The zero-order valence-corrected chi connectivity index (χ0v) is 12.9. The maximum Gasteiger partial charge on any atom is 0.511 e. The van der Waals surface area contributed by atoms with Crippen molar-refractivity contribution < 1.29 is 13.3 Å². The highest BCUT2D eigenvalue weighted by molar-refractivity contribution is 6.65. The average Bonchev–Trinajstić information content (AvgIpc) is 2.94. The highest BCUT2D eigenvalue weighted by atomic mass is 28.4. The summed E-state index contributed by atoms with van der Waals surface area (Å²) in [5.74, 6) is 0.513. The molecule has 1 fully saturated rings. The van der Waals surface area contributed by atoms with Crippen LogP contribution in [0.2, 0.25) is 5.04 Å². The lowest BCUT2D eigenvalue weighted by Crippen LogP contribution is -2.56. The first-order valence-electron chi connectivity index (χ1n) is 6.56. The lowest BCUT2D eigenvalue weighted by molar-refractivity contribution is 0.0842. The molecule has 1 rings (SSSR count). The molecule has 1 aliphatic rings. The zero-order valence-electron chi connectivity index (χ0n) is 11.9. The van der Waals surface area contributed by atoms with E-state index in [-0.39, 0.29) is 5.04 Å². The van der Waals surface area contributed by atoms with Crippen LogP contribution in [0, 0.1) is 5.92 Å². The Hall–Kier alpha value is -0.423. The lowest BCUT2D eigenvalue weighted by Gasteiger charge is -2.45. The molecule has 0 aromatic rings. The summed E-state index contributed by atoms with van der Waals surface area (Å²) in [5, 5.41) is -0.247. The first kappa shape index (κ1) is 15.6. The van der Waals surface area contributed by atoms with Gasteiger partial charge in [-0.05, 0) is 25.2 Å². The fraction of sp³-hybridized carbons (Fsp3) is 0.714. The second-order valence-corrected chi connectivity index (χ2v) is 8.16. The molecule has 104 valence electrons. The van der Waals surface area contributed by atoms with Gasteiger partial charge in [-0.15, -0.1) is 13.2 Å². The quantitative estimate of drug-likeness (QED) is 0.498. The van der Waals surface area contributed by atoms with E-state index in [1.54, 1.807) is 21.3 Å². The van der Waals surface area contributed by atoms with Gasteiger partial charge in [0.1, 0.15) is 0 Å². The third-order valence-corrected chi connectivity index (χ3v) is 7.88. The smallest absolute Gasteiger partial charge is 0.376 e. The predicted octanol–water partition coefficient (Wildman–Crippen LogP) is 3.56. The van der Waals surface area contributed by atoms with Crippen LogP contribution in [0.15, 0.2) is 25.3 Å². The number of allylic oxidation sites excluding steroid dienone is 2. The van der Waals surface area contributed by atoms with Gasteiger partial charge in [-0.3, -0.25) is 0 Å². The molecule has 0 bridgehead atoms. The monoisotopic (exact) mass is 270 g/mol. The van der Waals surface area contributed by atoms with Gasteiger partial charge in [-0.25, -0.2) is 0 Å². The summed E-state index contributed by atoms with van der Waals surface area (Å²) in [7, 11) is 2.26. The summed E-state index contributed by atoms with van der Waals surface area (Å²) in [5.41, 5.74) is 0. The van der Waals surface area contributed by atoms with Crippen LogP contribution in [0.25, 0.3) is 0 Å². The Morgan fingerprint density at radius 2 is 1.61 bits per heavy atom. The maximum absolute atomic E-state index is 5.73. The molecule has 0 aliphatic heterocycles. The Labute approximate surface area is 112 Å². The minimum Gasteiger partial charge on any atom is -0.376 e. The van der Waals surface area contributed by atoms with E-state index in [4.69, 9.17) is 13.3 Å². The van der Waals surface area contributed by atoms with Gasteiger partial charge in [0, 0.05) is 21.3 Å². The van der Waals surface area contributed by atoms with Gasteiger partial charge in [0.15, 0.2) is 0 Å². The Bertz CT molecular complexity index is 274. The first-order chi connectivity index (χ1) is 8.66. The van der Waals surface area contributed by atoms with E-state index in [9.17, 15) is 0 Å². The molecule has 4 heteroatoms. The van der Waals surface area contributed by atoms with E-state index < -0.39 is 8.80 Å². The van der Waals surface area contributed by atoms with Gasteiger partial charge in [0.2, 0.25) is 0 Å². The van der Waals surface area contributed by atoms with E-state index >= 15 is 0 Å². The lowest BCUT2D eigenvalue weighted by atomic mass is 9.87. The third-order valence-electron chi connectivity index (χ3n) is 4.31. The molecule has 18 heavy (non-hydrogen) atoms. The second kappa shape index (κ2) is 6.66. The van der Waals surface area contributed by atoms with E-state index in [1.165, 1.54) is 25.7 Å². The molecular weight excluding hydrogens is 244 g/mol. The maximum atomic E-state index is 5.73. The van der Waals surface area contributed by atoms with Crippen molar-refractivity contribution in [1.82, 2.24) is 0 Å². The Morgan fingerprint density at radius 1 is 1.11 bits per heavy atom. The molecule has 0 radical (unpaired) electrons. The van der Waals surface area contributed by atoms with Crippen molar-refractivity contribution in [3.8, 4) is 0 Å². The number of rotatable bonds is 8. The van der Waals surface area contributed by atoms with Crippen molar-refractivity contribution >= 4 is 8.80 Å². The molecule has 0 heterocycles. The van der Waals surface area contributed by atoms with Crippen LogP contribution < -0.4 is 0 Å². The van der Waals surface area contributed by atoms with Crippen LogP contribution in [0.5, 0.6) is 0 Å². The summed E-state index contributed by atoms with van der Waals surface area (Å²) < 4.78 is 17.2. The molecule has 0 amide bonds. The topological polar surface area (TPSA) is 27.7 Å². The average molecular weight is 270 g/mol. The van der Waals surface area contributed by atoms with Crippen LogP contribution in [-0.2, 0) is 13.3 Å².